The van der Waals surface area contributed by atoms with E-state index >= 15 is 0 Å². The molecule has 1 heterocycles. The lowest BCUT2D eigenvalue weighted by molar-refractivity contribution is -0.135. The monoisotopic (exact) mass is 361 g/mol. The summed E-state index contributed by atoms with van der Waals surface area (Å²) in [5.74, 6) is 1.07. The highest BCUT2D eigenvalue weighted by molar-refractivity contribution is 5.81. The van der Waals surface area contributed by atoms with Crippen LogP contribution >= 0.6 is 0 Å². The number of methoxy groups -OCH3 is 1. The molecule has 144 valence electrons. The highest BCUT2D eigenvalue weighted by Crippen LogP contribution is 2.19. The lowest BCUT2D eigenvalue weighted by Gasteiger charge is -2.31. The molecule has 0 saturated carbocycles. The van der Waals surface area contributed by atoms with Crippen molar-refractivity contribution in [3.8, 4) is 5.75 Å². The van der Waals surface area contributed by atoms with E-state index in [0.717, 1.165) is 37.1 Å². The standard InChI is InChI=1S/C20H31N3O3/c1-22(2)12-4-11-21-20(25)17-9-13-23(14-10-17)19(24)15-16-5-7-18(26-3)8-6-16/h5-8,17H,4,9-15H2,1-3H3,(H,21,25). The molecule has 2 amide bonds. The molecule has 1 aliphatic heterocycles. The average Bonchev–Trinajstić information content (AvgIpc) is 2.65. The van der Waals surface area contributed by atoms with Gasteiger partial charge in [0, 0.05) is 25.6 Å². The number of benzene rings is 1. The fourth-order valence-electron chi connectivity index (χ4n) is 3.17. The highest BCUT2D eigenvalue weighted by Gasteiger charge is 2.27. The molecule has 1 N–H and O–H groups in total. The van der Waals surface area contributed by atoms with Crippen molar-refractivity contribution < 1.29 is 14.3 Å². The minimum Gasteiger partial charge on any atom is -0.497 e. The molecule has 0 bridgehead atoms. The molecule has 0 spiro atoms. The molecule has 0 unspecified atom stereocenters. The minimum absolute atomic E-state index is 0.0272. The summed E-state index contributed by atoms with van der Waals surface area (Å²) in [5.41, 5.74) is 0.983. The fourth-order valence-corrected chi connectivity index (χ4v) is 3.17. The molecule has 0 radical (unpaired) electrons. The topological polar surface area (TPSA) is 61.9 Å². The second-order valence-electron chi connectivity index (χ2n) is 7.13. The first-order valence-electron chi connectivity index (χ1n) is 9.32. The minimum atomic E-state index is 0.0272. The van der Waals surface area contributed by atoms with Gasteiger partial charge in [-0.15, -0.1) is 0 Å². The molecule has 1 aliphatic rings. The van der Waals surface area contributed by atoms with E-state index in [0.29, 0.717) is 26.1 Å². The smallest absolute Gasteiger partial charge is 0.226 e. The Bertz CT molecular complexity index is 578. The number of piperidine rings is 1. The van der Waals surface area contributed by atoms with Gasteiger partial charge in [0.05, 0.1) is 13.5 Å². The molecule has 0 aromatic heterocycles. The molecular weight excluding hydrogens is 330 g/mol. The van der Waals surface area contributed by atoms with E-state index in [1.165, 1.54) is 0 Å². The van der Waals surface area contributed by atoms with Gasteiger partial charge in [0.25, 0.3) is 0 Å². The van der Waals surface area contributed by atoms with Crippen LogP contribution in [0.3, 0.4) is 0 Å². The fraction of sp³-hybridized carbons (Fsp3) is 0.600. The van der Waals surface area contributed by atoms with Gasteiger partial charge < -0.3 is 19.9 Å². The second kappa shape index (κ2) is 10.2. The van der Waals surface area contributed by atoms with Crippen molar-refractivity contribution in [1.29, 1.82) is 0 Å². The van der Waals surface area contributed by atoms with Gasteiger partial charge in [0.15, 0.2) is 0 Å². The molecule has 1 fully saturated rings. The third kappa shape index (κ3) is 6.33. The quantitative estimate of drug-likeness (QED) is 0.714. The maximum absolute atomic E-state index is 12.5. The summed E-state index contributed by atoms with van der Waals surface area (Å²) in [7, 11) is 5.68. The number of nitrogens with one attached hydrogen (secondary N) is 1. The van der Waals surface area contributed by atoms with E-state index in [4.69, 9.17) is 4.74 Å². The number of carbonyl (C=O) groups excluding carboxylic acids is 2. The summed E-state index contributed by atoms with van der Waals surface area (Å²) in [5, 5.41) is 3.02. The number of likely N-dealkylation sites (tertiary alicyclic amines) is 1. The van der Waals surface area contributed by atoms with E-state index in [1.54, 1.807) is 7.11 Å². The number of nitrogens with zero attached hydrogens (tertiary/aromatic N) is 2. The summed E-state index contributed by atoms with van der Waals surface area (Å²) < 4.78 is 5.14. The number of rotatable bonds is 8. The van der Waals surface area contributed by atoms with Crippen LogP contribution in [0.1, 0.15) is 24.8 Å². The number of carbonyl (C=O) groups is 2. The Morgan fingerprint density at radius 1 is 1.19 bits per heavy atom. The molecule has 0 atom stereocenters. The molecule has 1 aromatic rings. The van der Waals surface area contributed by atoms with E-state index in [-0.39, 0.29) is 17.7 Å². The first kappa shape index (κ1) is 20.2. The van der Waals surface area contributed by atoms with Crippen molar-refractivity contribution in [2.45, 2.75) is 25.7 Å². The van der Waals surface area contributed by atoms with Crippen molar-refractivity contribution in [2.24, 2.45) is 5.92 Å². The second-order valence-corrected chi connectivity index (χ2v) is 7.13. The van der Waals surface area contributed by atoms with Crippen LogP contribution in [0.15, 0.2) is 24.3 Å². The highest BCUT2D eigenvalue weighted by atomic mass is 16.5. The number of hydrogen-bond acceptors (Lipinski definition) is 4. The molecule has 2 rings (SSSR count). The average molecular weight is 361 g/mol. The van der Waals surface area contributed by atoms with Gasteiger partial charge in [0.1, 0.15) is 5.75 Å². The Balaban J connectivity index is 1.71. The largest absolute Gasteiger partial charge is 0.497 e. The van der Waals surface area contributed by atoms with Gasteiger partial charge in [-0.2, -0.15) is 0 Å². The van der Waals surface area contributed by atoms with Crippen molar-refractivity contribution in [3.63, 3.8) is 0 Å². The zero-order chi connectivity index (χ0) is 18.9. The van der Waals surface area contributed by atoms with Crippen LogP contribution in [-0.2, 0) is 16.0 Å². The normalized spacial score (nSPS) is 15.2. The summed E-state index contributed by atoms with van der Waals surface area (Å²) >= 11 is 0. The first-order valence-corrected chi connectivity index (χ1v) is 9.32. The van der Waals surface area contributed by atoms with E-state index in [9.17, 15) is 9.59 Å². The van der Waals surface area contributed by atoms with Gasteiger partial charge in [0.2, 0.25) is 11.8 Å². The summed E-state index contributed by atoms with van der Waals surface area (Å²) in [6, 6.07) is 7.58. The Kier molecular flexibility index (Phi) is 7.91. The predicted molar refractivity (Wildman–Crippen MR) is 102 cm³/mol. The number of hydrogen-bond donors (Lipinski definition) is 1. The van der Waals surface area contributed by atoms with Crippen molar-refractivity contribution in [1.82, 2.24) is 15.1 Å². The predicted octanol–water partition coefficient (Wildman–Crippen LogP) is 1.54. The lowest BCUT2D eigenvalue weighted by atomic mass is 9.95. The number of ether oxygens (including phenoxy) is 1. The summed E-state index contributed by atoms with van der Waals surface area (Å²) in [4.78, 5) is 28.7. The van der Waals surface area contributed by atoms with E-state index < -0.39 is 0 Å². The first-order chi connectivity index (χ1) is 12.5. The molecule has 1 aromatic carbocycles. The van der Waals surface area contributed by atoms with Crippen LogP contribution in [0.5, 0.6) is 5.75 Å². The van der Waals surface area contributed by atoms with Crippen LogP contribution in [0, 0.1) is 5.92 Å². The van der Waals surface area contributed by atoms with Gasteiger partial charge >= 0.3 is 0 Å². The zero-order valence-electron chi connectivity index (χ0n) is 16.2. The van der Waals surface area contributed by atoms with Crippen LogP contribution in [0.4, 0.5) is 0 Å². The lowest BCUT2D eigenvalue weighted by Crippen LogP contribution is -2.43. The van der Waals surface area contributed by atoms with Crippen LogP contribution in [0.2, 0.25) is 0 Å². The van der Waals surface area contributed by atoms with E-state index in [2.05, 4.69) is 10.2 Å². The third-order valence-electron chi connectivity index (χ3n) is 4.81. The maximum Gasteiger partial charge on any atom is 0.226 e. The summed E-state index contributed by atoms with van der Waals surface area (Å²) in [6.45, 7) is 3.00. The van der Waals surface area contributed by atoms with Crippen LogP contribution in [-0.4, -0.2) is 69.0 Å². The zero-order valence-corrected chi connectivity index (χ0v) is 16.2. The molecule has 6 nitrogen and oxygen atoms in total. The molecule has 6 heteroatoms. The van der Waals surface area contributed by atoms with Crippen molar-refractivity contribution >= 4 is 11.8 Å². The van der Waals surface area contributed by atoms with E-state index in [1.807, 2.05) is 43.3 Å². The Morgan fingerprint density at radius 3 is 2.42 bits per heavy atom. The Morgan fingerprint density at radius 2 is 1.85 bits per heavy atom. The molecule has 26 heavy (non-hydrogen) atoms. The summed E-state index contributed by atoms with van der Waals surface area (Å²) in [6.07, 6.45) is 2.84. The Labute approximate surface area is 156 Å². The molecule has 0 aliphatic carbocycles. The molecular formula is C20H31N3O3. The molecule has 1 saturated heterocycles. The maximum atomic E-state index is 12.5. The van der Waals surface area contributed by atoms with Gasteiger partial charge in [-0.25, -0.2) is 0 Å². The Hall–Kier alpha value is -2.08. The van der Waals surface area contributed by atoms with Gasteiger partial charge in [-0.3, -0.25) is 9.59 Å². The van der Waals surface area contributed by atoms with Gasteiger partial charge in [-0.1, -0.05) is 12.1 Å². The van der Waals surface area contributed by atoms with Crippen molar-refractivity contribution in [3.05, 3.63) is 29.8 Å². The SMILES string of the molecule is COc1ccc(CC(=O)N2CCC(C(=O)NCCCN(C)C)CC2)cc1. The van der Waals surface area contributed by atoms with Crippen molar-refractivity contribution in [2.75, 3.05) is 47.4 Å². The third-order valence-corrected chi connectivity index (χ3v) is 4.81. The van der Waals surface area contributed by atoms with Crippen LogP contribution < -0.4 is 10.1 Å². The van der Waals surface area contributed by atoms with Gasteiger partial charge in [-0.05, 0) is 57.6 Å². The van der Waals surface area contributed by atoms with Crippen LogP contribution in [0.25, 0.3) is 0 Å². The number of amides is 2.